The van der Waals surface area contributed by atoms with E-state index in [9.17, 15) is 8.78 Å². The van der Waals surface area contributed by atoms with Crippen molar-refractivity contribution in [2.75, 3.05) is 7.11 Å². The highest BCUT2D eigenvalue weighted by molar-refractivity contribution is 5.45. The molecule has 0 fully saturated rings. The largest absolute Gasteiger partial charge is 0.496 e. The minimum Gasteiger partial charge on any atom is -0.496 e. The van der Waals surface area contributed by atoms with Crippen LogP contribution in [0.5, 0.6) is 5.75 Å². The minimum atomic E-state index is -2.44. The summed E-state index contributed by atoms with van der Waals surface area (Å²) >= 11 is 0. The van der Waals surface area contributed by atoms with Crippen LogP contribution in [0.2, 0.25) is 0 Å². The van der Waals surface area contributed by atoms with Crippen LogP contribution in [0, 0.1) is 13.8 Å². The number of halogens is 2. The van der Waals surface area contributed by atoms with Crippen LogP contribution in [0.1, 0.15) is 23.1 Å². The molecule has 0 spiro atoms. The van der Waals surface area contributed by atoms with Crippen molar-refractivity contribution >= 4 is 0 Å². The van der Waals surface area contributed by atoms with Gasteiger partial charge >= 0.3 is 0 Å². The van der Waals surface area contributed by atoms with Crippen molar-refractivity contribution in [2.24, 2.45) is 0 Å². The fourth-order valence-corrected chi connectivity index (χ4v) is 1.39. The van der Waals surface area contributed by atoms with E-state index in [2.05, 4.69) is 0 Å². The van der Waals surface area contributed by atoms with Crippen LogP contribution in [0.4, 0.5) is 8.78 Å². The summed E-state index contributed by atoms with van der Waals surface area (Å²) in [6, 6.07) is 3.09. The molecule has 0 unspecified atom stereocenters. The second-order valence-corrected chi connectivity index (χ2v) is 2.93. The Kier molecular flexibility index (Phi) is 2.86. The Labute approximate surface area is 76.3 Å². The van der Waals surface area contributed by atoms with Crippen molar-refractivity contribution in [2.45, 2.75) is 20.3 Å². The molecule has 72 valence electrons. The lowest BCUT2D eigenvalue weighted by molar-refractivity contribution is 0.150. The normalized spacial score (nSPS) is 10.6. The highest BCUT2D eigenvalue weighted by Crippen LogP contribution is 2.31. The molecule has 0 aromatic heterocycles. The summed E-state index contributed by atoms with van der Waals surface area (Å²) in [5, 5.41) is 0. The number of benzene rings is 1. The van der Waals surface area contributed by atoms with Gasteiger partial charge in [0.2, 0.25) is 0 Å². The van der Waals surface area contributed by atoms with Crippen molar-refractivity contribution in [1.29, 1.82) is 0 Å². The maximum absolute atomic E-state index is 12.4. The molecule has 0 aliphatic rings. The van der Waals surface area contributed by atoms with Gasteiger partial charge in [0.1, 0.15) is 5.75 Å². The van der Waals surface area contributed by atoms with Gasteiger partial charge in [0.25, 0.3) is 6.43 Å². The molecular weight excluding hydrogens is 174 g/mol. The van der Waals surface area contributed by atoms with Crippen molar-refractivity contribution in [3.8, 4) is 5.75 Å². The molecular formula is C10H12F2O. The molecule has 1 nitrogen and oxygen atoms in total. The summed E-state index contributed by atoms with van der Waals surface area (Å²) in [6.45, 7) is 3.48. The van der Waals surface area contributed by atoms with Gasteiger partial charge in [-0.1, -0.05) is 12.1 Å². The fourth-order valence-electron chi connectivity index (χ4n) is 1.39. The third kappa shape index (κ3) is 1.79. The summed E-state index contributed by atoms with van der Waals surface area (Å²) < 4.78 is 29.9. The number of ether oxygens (including phenoxy) is 1. The molecule has 0 bridgehead atoms. The van der Waals surface area contributed by atoms with Gasteiger partial charge in [0.05, 0.1) is 7.11 Å². The summed E-state index contributed by atoms with van der Waals surface area (Å²) in [7, 11) is 1.49. The van der Waals surface area contributed by atoms with Crippen LogP contribution in [-0.4, -0.2) is 7.11 Å². The lowest BCUT2D eigenvalue weighted by Crippen LogP contribution is -1.96. The first kappa shape index (κ1) is 9.96. The summed E-state index contributed by atoms with van der Waals surface area (Å²) in [4.78, 5) is 0. The number of aryl methyl sites for hydroxylation is 1. The van der Waals surface area contributed by atoms with E-state index in [-0.39, 0.29) is 5.56 Å². The minimum absolute atomic E-state index is 0.0439. The zero-order valence-electron chi connectivity index (χ0n) is 7.90. The molecule has 0 saturated carbocycles. The van der Waals surface area contributed by atoms with E-state index in [1.54, 1.807) is 13.0 Å². The maximum Gasteiger partial charge on any atom is 0.264 e. The Bertz CT molecular complexity index is 308. The second kappa shape index (κ2) is 3.73. The monoisotopic (exact) mass is 186 g/mol. The second-order valence-electron chi connectivity index (χ2n) is 2.93. The number of rotatable bonds is 2. The molecule has 1 aromatic rings. The van der Waals surface area contributed by atoms with Crippen molar-refractivity contribution in [1.82, 2.24) is 0 Å². The zero-order valence-corrected chi connectivity index (χ0v) is 7.90. The summed E-state index contributed by atoms with van der Waals surface area (Å²) in [5.41, 5.74) is 1.45. The van der Waals surface area contributed by atoms with E-state index in [1.165, 1.54) is 13.2 Å². The highest BCUT2D eigenvalue weighted by Gasteiger charge is 2.14. The molecule has 3 heteroatoms. The van der Waals surface area contributed by atoms with Crippen molar-refractivity contribution in [3.05, 3.63) is 28.8 Å². The Morgan fingerprint density at radius 3 is 2.31 bits per heavy atom. The molecule has 0 radical (unpaired) electrons. The third-order valence-electron chi connectivity index (χ3n) is 2.08. The van der Waals surface area contributed by atoms with Gasteiger partial charge in [-0.15, -0.1) is 0 Å². The predicted molar refractivity (Wildman–Crippen MR) is 47.4 cm³/mol. The van der Waals surface area contributed by atoms with Crippen molar-refractivity contribution in [3.63, 3.8) is 0 Å². The number of hydrogen-bond donors (Lipinski definition) is 0. The Morgan fingerprint density at radius 1 is 1.23 bits per heavy atom. The van der Waals surface area contributed by atoms with Gasteiger partial charge in [0.15, 0.2) is 0 Å². The van der Waals surface area contributed by atoms with E-state index in [1.807, 2.05) is 6.92 Å². The number of hydrogen-bond acceptors (Lipinski definition) is 1. The van der Waals surface area contributed by atoms with Crippen LogP contribution >= 0.6 is 0 Å². The molecule has 1 aromatic carbocycles. The SMILES string of the molecule is COc1c(C)ccc(C(F)F)c1C. The molecule has 0 heterocycles. The van der Waals surface area contributed by atoms with E-state index in [0.717, 1.165) is 5.56 Å². The van der Waals surface area contributed by atoms with Crippen molar-refractivity contribution < 1.29 is 13.5 Å². The Hall–Kier alpha value is -1.12. The summed E-state index contributed by atoms with van der Waals surface area (Å²) in [5.74, 6) is 0.554. The van der Waals surface area contributed by atoms with Crippen LogP contribution in [0.3, 0.4) is 0 Å². The van der Waals surface area contributed by atoms with E-state index < -0.39 is 6.43 Å². The third-order valence-corrected chi connectivity index (χ3v) is 2.08. The molecule has 0 N–H and O–H groups in total. The first-order chi connectivity index (χ1) is 6.07. The average Bonchev–Trinajstić information content (AvgIpc) is 2.04. The van der Waals surface area contributed by atoms with Gasteiger partial charge in [-0.2, -0.15) is 0 Å². The zero-order chi connectivity index (χ0) is 10.0. The van der Waals surface area contributed by atoms with Gasteiger partial charge < -0.3 is 4.74 Å². The lowest BCUT2D eigenvalue weighted by atomic mass is 10.0. The summed E-state index contributed by atoms with van der Waals surface area (Å²) in [6.07, 6.45) is -2.44. The fraction of sp³-hybridized carbons (Fsp3) is 0.400. The van der Waals surface area contributed by atoms with E-state index in [0.29, 0.717) is 11.3 Å². The van der Waals surface area contributed by atoms with Gasteiger partial charge in [-0.3, -0.25) is 0 Å². The van der Waals surface area contributed by atoms with Crippen LogP contribution in [0.25, 0.3) is 0 Å². The molecule has 13 heavy (non-hydrogen) atoms. The standard InChI is InChI=1S/C10H12F2O/c1-6-4-5-8(10(11)12)7(2)9(6)13-3/h4-5,10H,1-3H3. The van der Waals surface area contributed by atoms with Crippen LogP contribution in [-0.2, 0) is 0 Å². The molecule has 0 aliphatic carbocycles. The topological polar surface area (TPSA) is 9.23 Å². The van der Waals surface area contributed by atoms with E-state index >= 15 is 0 Å². The van der Waals surface area contributed by atoms with Crippen LogP contribution in [0.15, 0.2) is 12.1 Å². The highest BCUT2D eigenvalue weighted by atomic mass is 19.3. The first-order valence-corrected chi connectivity index (χ1v) is 4.00. The molecule has 1 rings (SSSR count). The number of methoxy groups -OCH3 is 1. The maximum atomic E-state index is 12.4. The molecule has 0 saturated heterocycles. The predicted octanol–water partition coefficient (Wildman–Crippen LogP) is 3.25. The Balaban J connectivity index is 3.27. The average molecular weight is 186 g/mol. The molecule has 0 atom stereocenters. The van der Waals surface area contributed by atoms with Gasteiger partial charge in [-0.05, 0) is 19.4 Å². The smallest absolute Gasteiger partial charge is 0.264 e. The quantitative estimate of drug-likeness (QED) is 0.688. The van der Waals surface area contributed by atoms with Gasteiger partial charge in [-0.25, -0.2) is 8.78 Å². The van der Waals surface area contributed by atoms with Crippen LogP contribution < -0.4 is 4.74 Å². The molecule has 0 amide bonds. The van der Waals surface area contributed by atoms with E-state index in [4.69, 9.17) is 4.74 Å². The molecule has 0 aliphatic heterocycles. The first-order valence-electron chi connectivity index (χ1n) is 4.00. The number of alkyl halides is 2. The lowest BCUT2D eigenvalue weighted by Gasteiger charge is -2.12. The van der Waals surface area contributed by atoms with Gasteiger partial charge in [0, 0.05) is 11.1 Å². The Morgan fingerprint density at radius 2 is 1.85 bits per heavy atom.